The van der Waals surface area contributed by atoms with Gasteiger partial charge in [0.25, 0.3) is 0 Å². The molecule has 0 bridgehead atoms. The van der Waals surface area contributed by atoms with Gasteiger partial charge in [0.15, 0.2) is 0 Å². The summed E-state index contributed by atoms with van der Waals surface area (Å²) in [6, 6.07) is 5.29. The van der Waals surface area contributed by atoms with E-state index in [1.807, 2.05) is 0 Å². The van der Waals surface area contributed by atoms with E-state index in [1.165, 1.54) is 6.07 Å². The van der Waals surface area contributed by atoms with Crippen LogP contribution in [0.4, 0.5) is 5.69 Å². The maximum absolute atomic E-state index is 9.35. The average molecular weight is 191 g/mol. The molecule has 0 heterocycles. The molecule has 1 aromatic carbocycles. The van der Waals surface area contributed by atoms with Crippen molar-refractivity contribution in [2.24, 2.45) is 0 Å². The Morgan fingerprint density at radius 2 is 2.21 bits per heavy atom. The fraction of sp³-hybridized carbons (Fsp3) is 0.300. The van der Waals surface area contributed by atoms with E-state index >= 15 is 0 Å². The minimum atomic E-state index is 0.0323. The lowest BCUT2D eigenvalue weighted by Crippen LogP contribution is -2.25. The van der Waals surface area contributed by atoms with Gasteiger partial charge in [0.05, 0.1) is 5.69 Å². The molecule has 0 spiro atoms. The Hall–Kier alpha value is -1.71. The van der Waals surface area contributed by atoms with E-state index in [0.717, 1.165) is 12.8 Å². The molecule has 1 saturated carbocycles. The Bertz CT molecular complexity index is 372. The van der Waals surface area contributed by atoms with Crippen molar-refractivity contribution >= 4 is 11.5 Å². The molecular formula is C10H13N3O. The first kappa shape index (κ1) is 8.87. The zero-order valence-corrected chi connectivity index (χ0v) is 7.75. The number of rotatable bonds is 2. The van der Waals surface area contributed by atoms with Crippen LogP contribution < -0.4 is 11.1 Å². The smallest absolute Gasteiger partial charge is 0.139 e. The summed E-state index contributed by atoms with van der Waals surface area (Å²) in [6.45, 7) is 0. The summed E-state index contributed by atoms with van der Waals surface area (Å²) in [5.74, 6) is 0.382. The fourth-order valence-electron chi connectivity index (χ4n) is 1.21. The molecule has 0 amide bonds. The van der Waals surface area contributed by atoms with Crippen molar-refractivity contribution in [2.45, 2.75) is 18.9 Å². The van der Waals surface area contributed by atoms with Crippen molar-refractivity contribution in [2.75, 3.05) is 5.73 Å². The van der Waals surface area contributed by atoms with Gasteiger partial charge in [0.1, 0.15) is 11.6 Å². The molecule has 14 heavy (non-hydrogen) atoms. The Labute approximate surface area is 82.3 Å². The van der Waals surface area contributed by atoms with Crippen molar-refractivity contribution in [1.29, 1.82) is 5.41 Å². The largest absolute Gasteiger partial charge is 0.506 e. The maximum Gasteiger partial charge on any atom is 0.139 e. The summed E-state index contributed by atoms with van der Waals surface area (Å²) < 4.78 is 0. The Kier molecular flexibility index (Phi) is 2.04. The van der Waals surface area contributed by atoms with Gasteiger partial charge in [0, 0.05) is 11.6 Å². The summed E-state index contributed by atoms with van der Waals surface area (Å²) in [5.41, 5.74) is 6.47. The number of nitrogens with one attached hydrogen (secondary N) is 2. The summed E-state index contributed by atoms with van der Waals surface area (Å²) in [6.07, 6.45) is 2.26. The second kappa shape index (κ2) is 3.21. The summed E-state index contributed by atoms with van der Waals surface area (Å²) >= 11 is 0. The summed E-state index contributed by atoms with van der Waals surface area (Å²) in [5, 5.41) is 20.1. The van der Waals surface area contributed by atoms with E-state index in [2.05, 4.69) is 5.32 Å². The maximum atomic E-state index is 9.35. The number of phenols is 1. The zero-order valence-electron chi connectivity index (χ0n) is 7.75. The van der Waals surface area contributed by atoms with E-state index in [1.54, 1.807) is 12.1 Å². The quantitative estimate of drug-likeness (QED) is 0.244. The minimum absolute atomic E-state index is 0.0323. The molecule has 1 aliphatic carbocycles. The lowest BCUT2D eigenvalue weighted by Gasteiger charge is -2.07. The Morgan fingerprint density at radius 1 is 1.50 bits per heavy atom. The van der Waals surface area contributed by atoms with E-state index in [9.17, 15) is 5.11 Å². The number of anilines is 1. The third kappa shape index (κ3) is 1.79. The molecule has 1 fully saturated rings. The van der Waals surface area contributed by atoms with Crippen LogP contribution >= 0.6 is 0 Å². The Balaban J connectivity index is 2.14. The van der Waals surface area contributed by atoms with E-state index in [-0.39, 0.29) is 5.75 Å². The first-order chi connectivity index (χ1) is 6.66. The number of hydrogen-bond donors (Lipinski definition) is 4. The third-order valence-electron chi connectivity index (χ3n) is 2.24. The van der Waals surface area contributed by atoms with Crippen LogP contribution in [0.25, 0.3) is 0 Å². The van der Waals surface area contributed by atoms with Gasteiger partial charge in [-0.25, -0.2) is 0 Å². The molecule has 0 aliphatic heterocycles. The van der Waals surface area contributed by atoms with Crippen molar-refractivity contribution < 1.29 is 5.11 Å². The van der Waals surface area contributed by atoms with Gasteiger partial charge in [-0.2, -0.15) is 0 Å². The van der Waals surface area contributed by atoms with Gasteiger partial charge in [0.2, 0.25) is 0 Å². The SMILES string of the molecule is N=C(NC1CC1)c1ccc(N)c(O)c1. The van der Waals surface area contributed by atoms with Crippen LogP contribution in [0.2, 0.25) is 0 Å². The highest BCUT2D eigenvalue weighted by atomic mass is 16.3. The van der Waals surface area contributed by atoms with Crippen LogP contribution in [-0.2, 0) is 0 Å². The summed E-state index contributed by atoms with van der Waals surface area (Å²) in [7, 11) is 0. The molecule has 0 aromatic heterocycles. The van der Waals surface area contributed by atoms with Gasteiger partial charge in [-0.05, 0) is 31.0 Å². The minimum Gasteiger partial charge on any atom is -0.506 e. The van der Waals surface area contributed by atoms with Crippen LogP contribution in [0, 0.1) is 5.41 Å². The number of nitrogens with two attached hydrogens (primary N) is 1. The standard InChI is InChI=1S/C10H13N3O/c11-8-4-1-6(5-9(8)14)10(12)13-7-2-3-7/h1,4-5,7,14H,2-3,11H2,(H2,12,13). The lowest BCUT2D eigenvalue weighted by molar-refractivity contribution is 0.478. The van der Waals surface area contributed by atoms with E-state index < -0.39 is 0 Å². The van der Waals surface area contributed by atoms with Gasteiger partial charge in [-0.1, -0.05) is 0 Å². The normalized spacial score (nSPS) is 15.1. The zero-order chi connectivity index (χ0) is 10.1. The molecule has 1 aliphatic rings. The van der Waals surface area contributed by atoms with Crippen LogP contribution in [0.15, 0.2) is 18.2 Å². The highest BCUT2D eigenvalue weighted by Gasteiger charge is 2.22. The highest BCUT2D eigenvalue weighted by Crippen LogP contribution is 2.22. The monoisotopic (exact) mass is 191 g/mol. The summed E-state index contributed by atoms with van der Waals surface area (Å²) in [4.78, 5) is 0. The second-order valence-corrected chi connectivity index (χ2v) is 3.57. The van der Waals surface area contributed by atoms with Gasteiger partial charge >= 0.3 is 0 Å². The molecule has 0 unspecified atom stereocenters. The van der Waals surface area contributed by atoms with Crippen LogP contribution in [0.3, 0.4) is 0 Å². The third-order valence-corrected chi connectivity index (χ3v) is 2.24. The number of nitrogen functional groups attached to an aromatic ring is 1. The molecule has 4 nitrogen and oxygen atoms in total. The van der Waals surface area contributed by atoms with Crippen molar-refractivity contribution in [3.63, 3.8) is 0 Å². The van der Waals surface area contributed by atoms with Crippen LogP contribution in [0.1, 0.15) is 18.4 Å². The number of phenolic OH excluding ortho intramolecular Hbond substituents is 1. The molecule has 74 valence electrons. The Morgan fingerprint density at radius 3 is 2.79 bits per heavy atom. The predicted molar refractivity (Wildman–Crippen MR) is 55.5 cm³/mol. The van der Waals surface area contributed by atoms with Gasteiger partial charge < -0.3 is 16.2 Å². The van der Waals surface area contributed by atoms with Crippen molar-refractivity contribution in [3.8, 4) is 5.75 Å². The molecule has 4 heteroatoms. The van der Waals surface area contributed by atoms with Gasteiger partial charge in [-0.3, -0.25) is 5.41 Å². The van der Waals surface area contributed by atoms with Gasteiger partial charge in [-0.15, -0.1) is 0 Å². The molecule has 2 rings (SSSR count). The number of aromatic hydroxyl groups is 1. The first-order valence-electron chi connectivity index (χ1n) is 4.61. The molecular weight excluding hydrogens is 178 g/mol. The van der Waals surface area contributed by atoms with Crippen molar-refractivity contribution in [3.05, 3.63) is 23.8 Å². The molecule has 0 radical (unpaired) electrons. The fourth-order valence-corrected chi connectivity index (χ4v) is 1.21. The lowest BCUT2D eigenvalue weighted by atomic mass is 10.1. The first-order valence-corrected chi connectivity index (χ1v) is 4.61. The van der Waals surface area contributed by atoms with E-state index in [0.29, 0.717) is 23.1 Å². The number of amidine groups is 1. The second-order valence-electron chi connectivity index (χ2n) is 3.57. The predicted octanol–water partition coefficient (Wildman–Crippen LogP) is 1.05. The number of benzene rings is 1. The molecule has 1 aromatic rings. The van der Waals surface area contributed by atoms with E-state index in [4.69, 9.17) is 11.1 Å². The molecule has 0 saturated heterocycles. The van der Waals surface area contributed by atoms with Crippen molar-refractivity contribution in [1.82, 2.24) is 5.32 Å². The highest BCUT2D eigenvalue weighted by molar-refractivity contribution is 5.97. The topological polar surface area (TPSA) is 82.1 Å². The average Bonchev–Trinajstić information content (AvgIpc) is 2.93. The molecule has 0 atom stereocenters. The van der Waals surface area contributed by atoms with Crippen LogP contribution in [0.5, 0.6) is 5.75 Å². The molecule has 5 N–H and O–H groups in total. The van der Waals surface area contributed by atoms with Crippen LogP contribution in [-0.4, -0.2) is 17.0 Å². The number of hydrogen-bond acceptors (Lipinski definition) is 3.